The number of aryl methyl sites for hydroxylation is 1. The minimum Gasteiger partial charge on any atom is -0.480 e. The maximum atomic E-state index is 12.0. The van der Waals surface area contributed by atoms with Crippen LogP contribution >= 0.6 is 11.6 Å². The first-order chi connectivity index (χ1) is 8.28. The molecular weight excluding hydrogens is 256 g/mol. The van der Waals surface area contributed by atoms with Crippen LogP contribution in [0.15, 0.2) is 12.1 Å². The molecule has 1 heterocycles. The van der Waals surface area contributed by atoms with Crippen molar-refractivity contribution in [1.29, 1.82) is 0 Å². The third kappa shape index (κ3) is 3.20. The number of carboxylic acid groups (broad SMARTS) is 1. The van der Waals surface area contributed by atoms with E-state index in [0.717, 1.165) is 0 Å². The highest BCUT2D eigenvalue weighted by molar-refractivity contribution is 6.29. The molecule has 0 spiro atoms. The molecule has 0 saturated carbocycles. The summed E-state index contributed by atoms with van der Waals surface area (Å²) in [4.78, 5) is 27.0. The molecule has 18 heavy (non-hydrogen) atoms. The highest BCUT2D eigenvalue weighted by Crippen LogP contribution is 2.14. The predicted octanol–water partition coefficient (Wildman–Crippen LogP) is 2.03. The molecule has 0 aliphatic carbocycles. The minimum atomic E-state index is -1.29. The quantitative estimate of drug-likeness (QED) is 0.821. The van der Waals surface area contributed by atoms with Gasteiger partial charge in [0, 0.05) is 11.3 Å². The monoisotopic (exact) mass is 270 g/mol. The zero-order valence-corrected chi connectivity index (χ0v) is 11.2. The second kappa shape index (κ2) is 5.35. The smallest absolute Gasteiger partial charge is 0.329 e. The number of pyridine rings is 1. The van der Waals surface area contributed by atoms with Gasteiger partial charge in [-0.05, 0) is 32.4 Å². The lowest BCUT2D eigenvalue weighted by atomic mass is 9.98. The Balaban J connectivity index is 2.98. The van der Waals surface area contributed by atoms with Crippen LogP contribution in [0.2, 0.25) is 5.15 Å². The molecule has 0 aliphatic heterocycles. The van der Waals surface area contributed by atoms with E-state index in [1.54, 1.807) is 19.9 Å². The zero-order chi connectivity index (χ0) is 13.9. The molecule has 0 aliphatic rings. The summed E-state index contributed by atoms with van der Waals surface area (Å²) in [7, 11) is 0. The summed E-state index contributed by atoms with van der Waals surface area (Å²) in [6.07, 6.45) is 0.284. The number of hydrogen-bond acceptors (Lipinski definition) is 3. The summed E-state index contributed by atoms with van der Waals surface area (Å²) in [6, 6.07) is 2.96. The van der Waals surface area contributed by atoms with E-state index >= 15 is 0 Å². The summed E-state index contributed by atoms with van der Waals surface area (Å²) in [5.41, 5.74) is -0.393. The van der Waals surface area contributed by atoms with Gasteiger partial charge in [-0.2, -0.15) is 0 Å². The number of carbonyl (C=O) groups is 2. The predicted molar refractivity (Wildman–Crippen MR) is 67.8 cm³/mol. The molecule has 98 valence electrons. The van der Waals surface area contributed by atoms with E-state index in [1.807, 2.05) is 0 Å². The van der Waals surface area contributed by atoms with Crippen LogP contribution in [0.5, 0.6) is 0 Å². The third-order valence-corrected chi connectivity index (χ3v) is 2.95. The summed E-state index contributed by atoms with van der Waals surface area (Å²) in [5, 5.41) is 11.8. The molecule has 0 radical (unpaired) electrons. The zero-order valence-electron chi connectivity index (χ0n) is 10.5. The van der Waals surface area contributed by atoms with Gasteiger partial charge in [-0.1, -0.05) is 18.5 Å². The number of hydrogen-bond donors (Lipinski definition) is 2. The molecule has 1 aromatic rings. The van der Waals surface area contributed by atoms with Crippen LogP contribution in [0.1, 0.15) is 36.3 Å². The van der Waals surface area contributed by atoms with Crippen LogP contribution in [0.25, 0.3) is 0 Å². The van der Waals surface area contributed by atoms with Crippen LogP contribution < -0.4 is 5.32 Å². The number of aromatic nitrogens is 1. The molecule has 2 N–H and O–H groups in total. The number of nitrogens with zero attached hydrogens (tertiary/aromatic N) is 1. The Kier molecular flexibility index (Phi) is 4.29. The number of aliphatic carboxylic acids is 1. The minimum absolute atomic E-state index is 0.202. The van der Waals surface area contributed by atoms with E-state index < -0.39 is 17.4 Å². The Hall–Kier alpha value is -1.62. The van der Waals surface area contributed by atoms with Crippen LogP contribution in [0, 0.1) is 6.92 Å². The maximum Gasteiger partial charge on any atom is 0.329 e. The van der Waals surface area contributed by atoms with Gasteiger partial charge in [0.1, 0.15) is 10.7 Å². The van der Waals surface area contributed by atoms with E-state index in [1.165, 1.54) is 13.0 Å². The lowest BCUT2D eigenvalue weighted by molar-refractivity contribution is -0.143. The molecule has 0 aromatic carbocycles. The molecule has 5 nitrogen and oxygen atoms in total. The van der Waals surface area contributed by atoms with Crippen LogP contribution in [-0.2, 0) is 4.79 Å². The van der Waals surface area contributed by atoms with Crippen molar-refractivity contribution in [1.82, 2.24) is 10.3 Å². The first-order valence-corrected chi connectivity index (χ1v) is 5.86. The van der Waals surface area contributed by atoms with E-state index in [9.17, 15) is 9.59 Å². The molecule has 1 unspecified atom stereocenters. The summed E-state index contributed by atoms with van der Waals surface area (Å²) in [6.45, 7) is 4.86. The third-order valence-electron chi connectivity index (χ3n) is 2.75. The topological polar surface area (TPSA) is 79.3 Å². The normalized spacial score (nSPS) is 13.8. The molecule has 6 heteroatoms. The standard InChI is InChI=1S/C12H15ClN2O3/c1-4-12(3,11(17)18)15-10(16)8-5-7(2)14-9(13)6-8/h5-6H,4H2,1-3H3,(H,15,16)(H,17,18). The van der Waals surface area contributed by atoms with Gasteiger partial charge in [0.2, 0.25) is 0 Å². The summed E-state index contributed by atoms with van der Waals surface area (Å²) >= 11 is 5.75. The molecule has 0 fully saturated rings. The van der Waals surface area contributed by atoms with Gasteiger partial charge in [-0.3, -0.25) is 4.79 Å². The van der Waals surface area contributed by atoms with Gasteiger partial charge in [-0.15, -0.1) is 0 Å². The number of carbonyl (C=O) groups excluding carboxylic acids is 1. The van der Waals surface area contributed by atoms with Gasteiger partial charge in [0.25, 0.3) is 5.91 Å². The van der Waals surface area contributed by atoms with Crippen LogP contribution in [-0.4, -0.2) is 27.5 Å². The highest BCUT2D eigenvalue weighted by atomic mass is 35.5. The molecule has 0 bridgehead atoms. The van der Waals surface area contributed by atoms with Crippen molar-refractivity contribution in [2.75, 3.05) is 0 Å². The lowest BCUT2D eigenvalue weighted by Crippen LogP contribution is -2.51. The Morgan fingerprint density at radius 2 is 2.11 bits per heavy atom. The largest absolute Gasteiger partial charge is 0.480 e. The molecule has 1 amide bonds. The molecular formula is C12H15ClN2O3. The summed E-state index contributed by atoms with van der Waals surface area (Å²) < 4.78 is 0. The lowest BCUT2D eigenvalue weighted by Gasteiger charge is -2.24. The van der Waals surface area contributed by atoms with Gasteiger partial charge in [-0.25, -0.2) is 9.78 Å². The van der Waals surface area contributed by atoms with Gasteiger partial charge >= 0.3 is 5.97 Å². The van der Waals surface area contributed by atoms with E-state index in [2.05, 4.69) is 10.3 Å². The van der Waals surface area contributed by atoms with Crippen molar-refractivity contribution in [2.24, 2.45) is 0 Å². The van der Waals surface area contributed by atoms with E-state index in [4.69, 9.17) is 16.7 Å². The van der Waals surface area contributed by atoms with E-state index in [0.29, 0.717) is 11.3 Å². The Morgan fingerprint density at radius 1 is 1.50 bits per heavy atom. The van der Waals surface area contributed by atoms with Gasteiger partial charge < -0.3 is 10.4 Å². The Labute approximate surface area is 110 Å². The Morgan fingerprint density at radius 3 is 2.56 bits per heavy atom. The van der Waals surface area contributed by atoms with Crippen molar-refractivity contribution >= 4 is 23.5 Å². The molecule has 1 rings (SSSR count). The fraction of sp³-hybridized carbons (Fsp3) is 0.417. The second-order valence-electron chi connectivity index (χ2n) is 4.26. The fourth-order valence-corrected chi connectivity index (χ4v) is 1.63. The Bertz CT molecular complexity index is 470. The first kappa shape index (κ1) is 14.4. The van der Waals surface area contributed by atoms with Crippen LogP contribution in [0.3, 0.4) is 0 Å². The molecule has 1 aromatic heterocycles. The SMILES string of the molecule is CCC(C)(NC(=O)c1cc(C)nc(Cl)c1)C(=O)O. The number of amides is 1. The van der Waals surface area contributed by atoms with Gasteiger partial charge in [0.15, 0.2) is 0 Å². The number of rotatable bonds is 4. The average Bonchev–Trinajstić information content (AvgIpc) is 2.27. The van der Waals surface area contributed by atoms with Crippen molar-refractivity contribution in [2.45, 2.75) is 32.7 Å². The van der Waals surface area contributed by atoms with E-state index in [-0.39, 0.29) is 11.6 Å². The van der Waals surface area contributed by atoms with Crippen molar-refractivity contribution < 1.29 is 14.7 Å². The van der Waals surface area contributed by atoms with Crippen molar-refractivity contribution in [3.63, 3.8) is 0 Å². The maximum absolute atomic E-state index is 12.0. The molecule has 0 saturated heterocycles. The second-order valence-corrected chi connectivity index (χ2v) is 4.65. The number of nitrogens with one attached hydrogen (secondary N) is 1. The van der Waals surface area contributed by atoms with Gasteiger partial charge in [0.05, 0.1) is 0 Å². The summed E-state index contributed by atoms with van der Waals surface area (Å²) in [5.74, 6) is -1.55. The average molecular weight is 271 g/mol. The van der Waals surface area contributed by atoms with Crippen molar-refractivity contribution in [3.8, 4) is 0 Å². The van der Waals surface area contributed by atoms with Crippen molar-refractivity contribution in [3.05, 3.63) is 28.5 Å². The molecule has 1 atom stereocenters. The fourth-order valence-electron chi connectivity index (χ4n) is 1.37. The highest BCUT2D eigenvalue weighted by Gasteiger charge is 2.33. The van der Waals surface area contributed by atoms with Crippen LogP contribution in [0.4, 0.5) is 0 Å². The first-order valence-electron chi connectivity index (χ1n) is 5.48. The number of halogens is 1. The number of carboxylic acids is 1.